The fourth-order valence-corrected chi connectivity index (χ4v) is 7.71. The monoisotopic (exact) mass is 524 g/mol. The molecule has 2 heterocycles. The molecular weight excluding hydrogens is 497 g/mol. The van der Waals surface area contributed by atoms with Gasteiger partial charge in [-0.2, -0.15) is 13.2 Å². The summed E-state index contributed by atoms with van der Waals surface area (Å²) in [5, 5.41) is 3.41. The van der Waals surface area contributed by atoms with Crippen LogP contribution in [0.3, 0.4) is 0 Å². The van der Waals surface area contributed by atoms with Gasteiger partial charge in [-0.15, -0.1) is 0 Å². The topological polar surface area (TPSA) is 75.7 Å². The number of allylic oxidation sites excluding steroid dienone is 2. The van der Waals surface area contributed by atoms with Crippen LogP contribution in [-0.4, -0.2) is 42.9 Å². The molecule has 1 saturated carbocycles. The minimum atomic E-state index is -4.49. The van der Waals surface area contributed by atoms with Crippen molar-refractivity contribution in [3.05, 3.63) is 82.9 Å². The number of halogens is 3. The highest BCUT2D eigenvalue weighted by atomic mass is 19.4. The van der Waals surface area contributed by atoms with Crippen LogP contribution in [0.4, 0.5) is 13.2 Å². The SMILES string of the molecule is COC(=O)[C@H]1N[C@@H](c2ccc(C(F)(F)F)cc2)[C@@H]2[C@@H]3C=C[C@]2([C@H]2C(=O)N(C)C(=O)[C@@H]32)[C@H]1c1ccc(C)cc1. The van der Waals surface area contributed by atoms with E-state index in [4.69, 9.17) is 4.74 Å². The summed E-state index contributed by atoms with van der Waals surface area (Å²) in [7, 11) is 2.77. The Morgan fingerprint density at radius 3 is 2.21 bits per heavy atom. The van der Waals surface area contributed by atoms with Crippen molar-refractivity contribution in [1.29, 1.82) is 0 Å². The molecule has 6 nitrogen and oxygen atoms in total. The van der Waals surface area contributed by atoms with Gasteiger partial charge in [-0.1, -0.05) is 54.1 Å². The predicted octanol–water partition coefficient (Wildman–Crippen LogP) is 4.02. The second-order valence-electron chi connectivity index (χ2n) is 10.9. The summed E-state index contributed by atoms with van der Waals surface area (Å²) < 4.78 is 45.1. The van der Waals surface area contributed by atoms with Crippen LogP contribution in [0.1, 0.15) is 34.2 Å². The first-order valence-electron chi connectivity index (χ1n) is 12.6. The summed E-state index contributed by atoms with van der Waals surface area (Å²) in [6.07, 6.45) is -0.527. The molecule has 38 heavy (non-hydrogen) atoms. The standard InChI is InChI=1S/C29H27F3N2O4/c1-14-4-6-15(7-5-14)20-24(27(37)38-3)33-23(16-8-10-17(11-9-16)29(30,31)32)21-18-12-13-28(20,21)22-19(18)25(35)34(2)26(22)36/h4-13,18-24,33H,1-3H3/t18-,19+,20+,21+,22-,23+,24+,28+/m1/s1. The number of rotatable bonds is 3. The number of carbonyl (C=O) groups is 3. The van der Waals surface area contributed by atoms with Crippen molar-refractivity contribution in [2.24, 2.45) is 29.1 Å². The van der Waals surface area contributed by atoms with Gasteiger partial charge in [0.25, 0.3) is 0 Å². The maximum Gasteiger partial charge on any atom is 0.416 e. The number of ether oxygens (including phenoxy) is 1. The molecule has 9 heteroatoms. The predicted molar refractivity (Wildman–Crippen MR) is 130 cm³/mol. The van der Waals surface area contributed by atoms with E-state index in [2.05, 4.69) is 5.32 Å². The molecule has 0 aromatic heterocycles. The van der Waals surface area contributed by atoms with E-state index in [1.807, 2.05) is 43.3 Å². The van der Waals surface area contributed by atoms with Crippen LogP contribution < -0.4 is 5.32 Å². The van der Waals surface area contributed by atoms with Crippen LogP contribution >= 0.6 is 0 Å². The molecule has 1 N–H and O–H groups in total. The van der Waals surface area contributed by atoms with Gasteiger partial charge in [0.1, 0.15) is 6.04 Å². The third kappa shape index (κ3) is 3.20. The molecule has 2 amide bonds. The first kappa shape index (κ1) is 24.9. The average Bonchev–Trinajstić information content (AvgIpc) is 3.50. The number of methoxy groups -OCH3 is 1. The second kappa shape index (κ2) is 8.27. The van der Waals surface area contributed by atoms with Gasteiger partial charge in [0.2, 0.25) is 11.8 Å². The molecule has 0 radical (unpaired) electrons. The zero-order valence-corrected chi connectivity index (χ0v) is 21.0. The van der Waals surface area contributed by atoms with Crippen molar-refractivity contribution < 1.29 is 32.3 Å². The van der Waals surface area contributed by atoms with E-state index in [0.717, 1.165) is 23.3 Å². The summed E-state index contributed by atoms with van der Waals surface area (Å²) in [4.78, 5) is 41.4. The number of amides is 2. The summed E-state index contributed by atoms with van der Waals surface area (Å²) in [6.45, 7) is 1.95. The van der Waals surface area contributed by atoms with E-state index >= 15 is 0 Å². The molecule has 4 aliphatic rings. The number of likely N-dealkylation sites (tertiary alicyclic amines) is 1. The molecule has 2 bridgehead atoms. The molecule has 2 aromatic carbocycles. The zero-order valence-electron chi connectivity index (χ0n) is 21.0. The molecule has 0 spiro atoms. The molecule has 6 rings (SSSR count). The minimum Gasteiger partial charge on any atom is -0.468 e. The Hall–Kier alpha value is -3.46. The van der Waals surface area contributed by atoms with Crippen molar-refractivity contribution in [3.63, 3.8) is 0 Å². The average molecular weight is 525 g/mol. The highest BCUT2D eigenvalue weighted by molar-refractivity contribution is 6.07. The van der Waals surface area contributed by atoms with Crippen LogP contribution in [0.25, 0.3) is 0 Å². The van der Waals surface area contributed by atoms with Gasteiger partial charge < -0.3 is 4.74 Å². The number of hydrogen-bond donors (Lipinski definition) is 1. The smallest absolute Gasteiger partial charge is 0.416 e. The molecule has 198 valence electrons. The number of piperidine rings is 1. The lowest BCUT2D eigenvalue weighted by atomic mass is 9.55. The first-order chi connectivity index (χ1) is 18.0. The Kier molecular flexibility index (Phi) is 5.41. The van der Waals surface area contributed by atoms with Crippen molar-refractivity contribution in [2.75, 3.05) is 14.2 Å². The van der Waals surface area contributed by atoms with Crippen LogP contribution in [-0.2, 0) is 25.3 Å². The largest absolute Gasteiger partial charge is 0.468 e. The molecule has 8 atom stereocenters. The maximum absolute atomic E-state index is 13.6. The normalized spacial score (nSPS) is 35.4. The third-order valence-electron chi connectivity index (χ3n) is 9.20. The molecule has 2 aliphatic heterocycles. The fourth-order valence-electron chi connectivity index (χ4n) is 7.71. The van der Waals surface area contributed by atoms with Gasteiger partial charge >= 0.3 is 12.1 Å². The second-order valence-corrected chi connectivity index (χ2v) is 10.9. The van der Waals surface area contributed by atoms with Gasteiger partial charge in [0.05, 0.1) is 24.5 Å². The van der Waals surface area contributed by atoms with Crippen molar-refractivity contribution in [1.82, 2.24) is 10.2 Å². The number of fused-ring (bicyclic) bond motifs is 2. The van der Waals surface area contributed by atoms with Crippen molar-refractivity contribution >= 4 is 17.8 Å². The van der Waals surface area contributed by atoms with E-state index in [9.17, 15) is 27.6 Å². The number of carbonyl (C=O) groups excluding carboxylic acids is 3. The molecule has 0 unspecified atom stereocenters. The molecule has 2 aromatic rings. The van der Waals surface area contributed by atoms with E-state index in [1.165, 1.54) is 31.2 Å². The summed E-state index contributed by atoms with van der Waals surface area (Å²) in [6, 6.07) is 11.1. The zero-order chi connectivity index (χ0) is 27.1. The maximum atomic E-state index is 13.6. The number of hydrogen-bond acceptors (Lipinski definition) is 5. The number of imide groups is 1. The highest BCUT2D eigenvalue weighted by Gasteiger charge is 2.76. The first-order valence-corrected chi connectivity index (χ1v) is 12.6. The minimum absolute atomic E-state index is 0.258. The fraction of sp³-hybridized carbons (Fsp3) is 0.414. The third-order valence-corrected chi connectivity index (χ3v) is 9.20. The lowest BCUT2D eigenvalue weighted by molar-refractivity contribution is -0.150. The summed E-state index contributed by atoms with van der Waals surface area (Å²) in [5.41, 5.74) is 0.727. The van der Waals surface area contributed by atoms with E-state index in [-0.39, 0.29) is 23.7 Å². The Balaban J connectivity index is 1.56. The van der Waals surface area contributed by atoms with Gasteiger partial charge in [0.15, 0.2) is 0 Å². The summed E-state index contributed by atoms with van der Waals surface area (Å²) in [5.74, 6) is -3.53. The molecular formula is C29H27F3N2O4. The van der Waals surface area contributed by atoms with E-state index in [0.29, 0.717) is 5.56 Å². The Labute approximate surface area is 217 Å². The summed E-state index contributed by atoms with van der Waals surface area (Å²) >= 11 is 0. The van der Waals surface area contributed by atoms with E-state index < -0.39 is 53.0 Å². The number of alkyl halides is 3. The van der Waals surface area contributed by atoms with Crippen LogP contribution in [0.2, 0.25) is 0 Å². The molecule has 2 aliphatic carbocycles. The molecule has 3 fully saturated rings. The van der Waals surface area contributed by atoms with Gasteiger partial charge in [-0.3, -0.25) is 24.6 Å². The Morgan fingerprint density at radius 1 is 0.974 bits per heavy atom. The van der Waals surface area contributed by atoms with Crippen LogP contribution in [0.15, 0.2) is 60.7 Å². The number of aryl methyl sites for hydroxylation is 1. The van der Waals surface area contributed by atoms with Crippen LogP contribution in [0, 0.1) is 36.0 Å². The highest BCUT2D eigenvalue weighted by Crippen LogP contribution is 2.72. The van der Waals surface area contributed by atoms with Gasteiger partial charge in [0, 0.05) is 24.4 Å². The number of benzene rings is 2. The quantitative estimate of drug-likeness (QED) is 0.373. The number of nitrogens with zero attached hydrogens (tertiary/aromatic N) is 1. The Bertz CT molecular complexity index is 1350. The van der Waals surface area contributed by atoms with E-state index in [1.54, 1.807) is 0 Å². The number of esters is 1. The van der Waals surface area contributed by atoms with Crippen molar-refractivity contribution in [3.8, 4) is 0 Å². The lowest BCUT2D eigenvalue weighted by Crippen LogP contribution is -2.60. The lowest BCUT2D eigenvalue weighted by Gasteiger charge is -2.52. The van der Waals surface area contributed by atoms with Gasteiger partial charge in [-0.05, 0) is 42.0 Å². The number of nitrogens with one attached hydrogen (secondary N) is 1. The van der Waals surface area contributed by atoms with Crippen molar-refractivity contribution in [2.45, 2.75) is 31.1 Å². The van der Waals surface area contributed by atoms with Gasteiger partial charge in [-0.25, -0.2) is 0 Å². The van der Waals surface area contributed by atoms with Crippen LogP contribution in [0.5, 0.6) is 0 Å². The Morgan fingerprint density at radius 2 is 1.61 bits per heavy atom. The molecule has 2 saturated heterocycles.